The summed E-state index contributed by atoms with van der Waals surface area (Å²) in [7, 11) is -1.94. The van der Waals surface area contributed by atoms with Crippen molar-refractivity contribution in [3.8, 4) is 0 Å². The molecule has 2 unspecified atom stereocenters. The zero-order valence-electron chi connectivity index (χ0n) is 11.5. The molecule has 7 heteroatoms. The van der Waals surface area contributed by atoms with E-state index in [4.69, 9.17) is 10.5 Å². The Labute approximate surface area is 128 Å². The van der Waals surface area contributed by atoms with Crippen molar-refractivity contribution in [2.45, 2.75) is 36.9 Å². The van der Waals surface area contributed by atoms with Crippen molar-refractivity contribution >= 4 is 26.0 Å². The molecule has 0 aliphatic carbocycles. The van der Waals surface area contributed by atoms with Crippen molar-refractivity contribution < 1.29 is 13.2 Å². The van der Waals surface area contributed by atoms with E-state index in [1.165, 1.54) is 4.31 Å². The summed E-state index contributed by atoms with van der Waals surface area (Å²) in [5.41, 5.74) is 6.44. The number of hydrogen-bond acceptors (Lipinski definition) is 4. The van der Waals surface area contributed by atoms with Crippen LogP contribution in [0.25, 0.3) is 0 Å². The van der Waals surface area contributed by atoms with Gasteiger partial charge in [0.2, 0.25) is 10.0 Å². The molecule has 0 bridgehead atoms. The van der Waals surface area contributed by atoms with Crippen LogP contribution in [0.15, 0.2) is 27.6 Å². The predicted molar refractivity (Wildman–Crippen MR) is 80.8 cm³/mol. The average molecular weight is 363 g/mol. The second-order valence-corrected chi connectivity index (χ2v) is 7.74. The largest absolute Gasteiger partial charge is 0.377 e. The van der Waals surface area contributed by atoms with E-state index in [9.17, 15) is 8.42 Å². The third-order valence-corrected chi connectivity index (χ3v) is 6.55. The lowest BCUT2D eigenvalue weighted by Crippen LogP contribution is -2.41. The van der Waals surface area contributed by atoms with Crippen LogP contribution in [0.4, 0.5) is 0 Å². The predicted octanol–water partition coefficient (Wildman–Crippen LogP) is 1.71. The molecule has 2 N–H and O–H groups in total. The van der Waals surface area contributed by atoms with Gasteiger partial charge in [0, 0.05) is 24.7 Å². The zero-order chi connectivity index (χ0) is 14.9. The first-order chi connectivity index (χ1) is 9.37. The molecule has 5 nitrogen and oxygen atoms in total. The molecule has 0 aromatic heterocycles. The molecule has 112 valence electrons. The normalized spacial score (nSPS) is 23.4. The lowest BCUT2D eigenvalue weighted by molar-refractivity contribution is 0.102. The van der Waals surface area contributed by atoms with Crippen LogP contribution in [0.3, 0.4) is 0 Å². The van der Waals surface area contributed by atoms with E-state index in [0.717, 1.165) is 12.0 Å². The van der Waals surface area contributed by atoms with Gasteiger partial charge < -0.3 is 10.5 Å². The molecule has 20 heavy (non-hydrogen) atoms. The maximum atomic E-state index is 12.7. The highest BCUT2D eigenvalue weighted by atomic mass is 79.9. The molecule has 1 aromatic carbocycles. The molecule has 1 fully saturated rings. The maximum absolute atomic E-state index is 12.7. The molecule has 0 saturated carbocycles. The summed E-state index contributed by atoms with van der Waals surface area (Å²) < 4.78 is 32.8. The Morgan fingerprint density at radius 1 is 1.50 bits per heavy atom. The Hall–Kier alpha value is -0.470. The third kappa shape index (κ3) is 2.92. The van der Waals surface area contributed by atoms with E-state index in [0.29, 0.717) is 17.6 Å². The van der Waals surface area contributed by atoms with E-state index < -0.39 is 10.0 Å². The first-order valence-electron chi connectivity index (χ1n) is 6.46. The molecule has 1 saturated heterocycles. The number of sulfonamides is 1. The fraction of sp³-hybridized carbons (Fsp3) is 0.538. The van der Waals surface area contributed by atoms with Crippen LogP contribution in [0.2, 0.25) is 0 Å². The number of likely N-dealkylation sites (N-methyl/N-ethyl adjacent to an activating group) is 1. The minimum Gasteiger partial charge on any atom is -0.377 e. The Morgan fingerprint density at radius 2 is 2.20 bits per heavy atom. The number of halogens is 1. The third-order valence-electron chi connectivity index (χ3n) is 3.69. The van der Waals surface area contributed by atoms with Crippen molar-refractivity contribution in [2.24, 2.45) is 5.73 Å². The molecular weight excluding hydrogens is 344 g/mol. The van der Waals surface area contributed by atoms with Crippen molar-refractivity contribution in [3.63, 3.8) is 0 Å². The van der Waals surface area contributed by atoms with Gasteiger partial charge in [-0.15, -0.1) is 0 Å². The topological polar surface area (TPSA) is 72.6 Å². The summed E-state index contributed by atoms with van der Waals surface area (Å²) in [5, 5.41) is 0. The van der Waals surface area contributed by atoms with Crippen LogP contribution in [0.1, 0.15) is 18.9 Å². The van der Waals surface area contributed by atoms with Crippen LogP contribution >= 0.6 is 15.9 Å². The van der Waals surface area contributed by atoms with Crippen molar-refractivity contribution in [1.82, 2.24) is 4.31 Å². The molecular formula is C13H19BrN2O3S. The highest BCUT2D eigenvalue weighted by Gasteiger charge is 2.36. The van der Waals surface area contributed by atoms with E-state index in [-0.39, 0.29) is 17.0 Å². The maximum Gasteiger partial charge on any atom is 0.244 e. The smallest absolute Gasteiger partial charge is 0.244 e. The fourth-order valence-electron chi connectivity index (χ4n) is 2.41. The quantitative estimate of drug-likeness (QED) is 0.884. The van der Waals surface area contributed by atoms with Gasteiger partial charge in [-0.25, -0.2) is 8.42 Å². The number of rotatable bonds is 4. The van der Waals surface area contributed by atoms with Crippen molar-refractivity contribution in [1.29, 1.82) is 0 Å². The van der Waals surface area contributed by atoms with Crippen LogP contribution in [0.5, 0.6) is 0 Å². The average Bonchev–Trinajstić information content (AvgIpc) is 2.83. The number of nitrogens with zero attached hydrogens (tertiary/aromatic N) is 1. The van der Waals surface area contributed by atoms with E-state index in [1.54, 1.807) is 25.2 Å². The first kappa shape index (κ1) is 15.9. The van der Waals surface area contributed by atoms with Gasteiger partial charge in [-0.1, -0.05) is 6.07 Å². The van der Waals surface area contributed by atoms with E-state index in [1.807, 2.05) is 6.92 Å². The van der Waals surface area contributed by atoms with Gasteiger partial charge >= 0.3 is 0 Å². The van der Waals surface area contributed by atoms with Crippen LogP contribution < -0.4 is 5.73 Å². The molecule has 1 aliphatic rings. The highest BCUT2D eigenvalue weighted by molar-refractivity contribution is 9.10. The number of benzene rings is 1. The summed E-state index contributed by atoms with van der Waals surface area (Å²) in [6.45, 7) is 2.87. The molecule has 2 atom stereocenters. The lowest BCUT2D eigenvalue weighted by Gasteiger charge is -2.26. The minimum absolute atomic E-state index is 0.0862. The molecule has 0 spiro atoms. The van der Waals surface area contributed by atoms with Gasteiger partial charge in [0.05, 0.1) is 17.0 Å². The Kier molecular flexibility index (Phi) is 4.86. The van der Waals surface area contributed by atoms with Crippen LogP contribution in [-0.4, -0.2) is 38.5 Å². The first-order valence-corrected chi connectivity index (χ1v) is 8.69. The fourth-order valence-corrected chi connectivity index (χ4v) is 4.94. The Bertz CT molecular complexity index is 591. The monoisotopic (exact) mass is 362 g/mol. The van der Waals surface area contributed by atoms with Gasteiger partial charge in [-0.3, -0.25) is 0 Å². The number of nitrogens with two attached hydrogens (primary N) is 1. The standard InChI is InChI=1S/C13H19BrN2O3S/c1-9-12(5-6-19-9)16(2)20(17,18)13-4-3-10(8-15)7-11(13)14/h3-4,7,9,12H,5-6,8,15H2,1-2H3. The Morgan fingerprint density at radius 3 is 2.70 bits per heavy atom. The molecule has 1 heterocycles. The zero-order valence-corrected chi connectivity index (χ0v) is 13.9. The van der Waals surface area contributed by atoms with Gasteiger partial charge in [-0.2, -0.15) is 4.31 Å². The summed E-state index contributed by atoms with van der Waals surface area (Å²) >= 11 is 3.32. The molecule has 1 aliphatic heterocycles. The summed E-state index contributed by atoms with van der Waals surface area (Å²) in [6.07, 6.45) is 0.631. The minimum atomic E-state index is -3.55. The summed E-state index contributed by atoms with van der Waals surface area (Å²) in [6, 6.07) is 4.95. The van der Waals surface area contributed by atoms with Gasteiger partial charge in [0.1, 0.15) is 0 Å². The molecule has 1 aromatic rings. The molecule has 2 rings (SSSR count). The van der Waals surface area contributed by atoms with Crippen molar-refractivity contribution in [3.05, 3.63) is 28.2 Å². The van der Waals surface area contributed by atoms with E-state index >= 15 is 0 Å². The molecule has 0 radical (unpaired) electrons. The summed E-state index contributed by atoms with van der Waals surface area (Å²) in [5.74, 6) is 0. The second kappa shape index (κ2) is 6.11. The second-order valence-electron chi connectivity index (χ2n) is 4.92. The SMILES string of the molecule is CC1OCCC1N(C)S(=O)(=O)c1ccc(CN)cc1Br. The lowest BCUT2D eigenvalue weighted by atomic mass is 10.2. The van der Waals surface area contributed by atoms with Gasteiger partial charge in [0.25, 0.3) is 0 Å². The van der Waals surface area contributed by atoms with Crippen molar-refractivity contribution in [2.75, 3.05) is 13.7 Å². The van der Waals surface area contributed by atoms with E-state index in [2.05, 4.69) is 15.9 Å². The number of ether oxygens (including phenoxy) is 1. The summed E-state index contributed by atoms with van der Waals surface area (Å²) in [4.78, 5) is 0.260. The van der Waals surface area contributed by atoms with Crippen LogP contribution in [-0.2, 0) is 21.3 Å². The Balaban J connectivity index is 2.34. The van der Waals surface area contributed by atoms with Gasteiger partial charge in [0.15, 0.2) is 0 Å². The molecule has 0 amide bonds. The van der Waals surface area contributed by atoms with Gasteiger partial charge in [-0.05, 0) is 47.0 Å². The highest BCUT2D eigenvalue weighted by Crippen LogP contribution is 2.29. The number of hydrogen-bond donors (Lipinski definition) is 1. The van der Waals surface area contributed by atoms with Crippen LogP contribution in [0, 0.1) is 0 Å².